The normalized spacial score (nSPS) is 10.4. The first-order chi connectivity index (χ1) is 7.19. The molecule has 0 saturated carbocycles. The maximum absolute atomic E-state index is 13.2. The molecule has 0 fully saturated rings. The Bertz CT molecular complexity index is 331. The van der Waals surface area contributed by atoms with E-state index in [4.69, 9.17) is 16.3 Å². The molecule has 0 saturated heterocycles. The summed E-state index contributed by atoms with van der Waals surface area (Å²) in [7, 11) is 1.85. The van der Waals surface area contributed by atoms with E-state index in [-0.39, 0.29) is 5.02 Å². The van der Waals surface area contributed by atoms with Crippen LogP contribution in [0.3, 0.4) is 0 Å². The summed E-state index contributed by atoms with van der Waals surface area (Å²) >= 11 is 5.68. The molecule has 0 radical (unpaired) electrons. The van der Waals surface area contributed by atoms with E-state index in [9.17, 15) is 4.39 Å². The molecule has 15 heavy (non-hydrogen) atoms. The molecule has 2 nitrogen and oxygen atoms in total. The van der Waals surface area contributed by atoms with Gasteiger partial charge in [0.2, 0.25) is 0 Å². The Balaban J connectivity index is 2.93. The zero-order valence-corrected chi connectivity index (χ0v) is 9.70. The van der Waals surface area contributed by atoms with E-state index in [2.05, 4.69) is 5.32 Å². The molecular formula is C11H15ClFNO. The zero-order chi connectivity index (χ0) is 11.3. The minimum absolute atomic E-state index is 0.103. The van der Waals surface area contributed by atoms with Crippen LogP contribution in [0.25, 0.3) is 0 Å². The van der Waals surface area contributed by atoms with E-state index >= 15 is 0 Å². The van der Waals surface area contributed by atoms with Crippen molar-refractivity contribution >= 4 is 11.6 Å². The van der Waals surface area contributed by atoms with Crippen molar-refractivity contribution in [3.63, 3.8) is 0 Å². The van der Waals surface area contributed by atoms with Gasteiger partial charge < -0.3 is 10.1 Å². The third-order valence-corrected chi connectivity index (χ3v) is 2.34. The Kier molecular flexibility index (Phi) is 4.85. The number of benzene rings is 1. The third-order valence-electron chi connectivity index (χ3n) is 2.05. The molecule has 1 N–H and O–H groups in total. The molecule has 0 aliphatic heterocycles. The van der Waals surface area contributed by atoms with Gasteiger partial charge in [-0.05, 0) is 38.6 Å². The zero-order valence-electron chi connectivity index (χ0n) is 8.94. The minimum atomic E-state index is -0.397. The van der Waals surface area contributed by atoms with Crippen molar-refractivity contribution in [3.05, 3.63) is 28.5 Å². The number of hydrogen-bond donors (Lipinski definition) is 1. The number of ether oxygens (including phenoxy) is 1. The molecule has 1 aromatic rings. The third kappa shape index (κ3) is 3.36. The lowest BCUT2D eigenvalue weighted by Crippen LogP contribution is -2.11. The van der Waals surface area contributed by atoms with Gasteiger partial charge in [0.15, 0.2) is 0 Å². The standard InChI is InChI=1S/C11H15ClFNO/c1-3-15-11-7-9(12)10(13)6-8(11)4-5-14-2/h6-7,14H,3-5H2,1-2H3. The average Bonchev–Trinajstić information content (AvgIpc) is 2.21. The summed E-state index contributed by atoms with van der Waals surface area (Å²) in [4.78, 5) is 0. The molecule has 1 rings (SSSR count). The first-order valence-electron chi connectivity index (χ1n) is 4.94. The second kappa shape index (κ2) is 5.93. The van der Waals surface area contributed by atoms with E-state index < -0.39 is 5.82 Å². The van der Waals surface area contributed by atoms with Crippen LogP contribution in [0, 0.1) is 5.82 Å². The van der Waals surface area contributed by atoms with Gasteiger partial charge in [-0.1, -0.05) is 11.6 Å². The predicted octanol–water partition coefficient (Wildman–Crippen LogP) is 2.64. The van der Waals surface area contributed by atoms with Crippen LogP contribution in [0.5, 0.6) is 5.75 Å². The van der Waals surface area contributed by atoms with Crippen molar-refractivity contribution in [2.45, 2.75) is 13.3 Å². The lowest BCUT2D eigenvalue weighted by atomic mass is 10.1. The van der Waals surface area contributed by atoms with E-state index in [1.54, 1.807) is 0 Å². The molecule has 0 aliphatic carbocycles. The van der Waals surface area contributed by atoms with Gasteiger partial charge in [-0.25, -0.2) is 4.39 Å². The van der Waals surface area contributed by atoms with Crippen molar-refractivity contribution < 1.29 is 9.13 Å². The quantitative estimate of drug-likeness (QED) is 0.841. The van der Waals surface area contributed by atoms with Crippen LogP contribution in [0.4, 0.5) is 4.39 Å². The molecule has 0 spiro atoms. The van der Waals surface area contributed by atoms with Gasteiger partial charge in [0.25, 0.3) is 0 Å². The number of likely N-dealkylation sites (N-methyl/N-ethyl adjacent to an activating group) is 1. The van der Waals surface area contributed by atoms with Crippen LogP contribution in [0.1, 0.15) is 12.5 Å². The summed E-state index contributed by atoms with van der Waals surface area (Å²) in [5, 5.41) is 3.11. The molecule has 0 bridgehead atoms. The summed E-state index contributed by atoms with van der Waals surface area (Å²) in [5.74, 6) is 0.269. The van der Waals surface area contributed by atoms with Gasteiger partial charge in [0, 0.05) is 6.07 Å². The van der Waals surface area contributed by atoms with Gasteiger partial charge >= 0.3 is 0 Å². The Morgan fingerprint density at radius 3 is 2.80 bits per heavy atom. The Morgan fingerprint density at radius 2 is 2.20 bits per heavy atom. The highest BCUT2D eigenvalue weighted by Crippen LogP contribution is 2.26. The molecule has 0 aliphatic rings. The summed E-state index contributed by atoms with van der Waals surface area (Å²) < 4.78 is 18.6. The fourth-order valence-electron chi connectivity index (χ4n) is 1.31. The molecule has 84 valence electrons. The summed E-state index contributed by atoms with van der Waals surface area (Å²) in [6, 6.07) is 2.97. The maximum atomic E-state index is 13.2. The summed E-state index contributed by atoms with van der Waals surface area (Å²) in [6.07, 6.45) is 0.722. The van der Waals surface area contributed by atoms with Crippen LogP contribution >= 0.6 is 11.6 Å². The highest BCUT2D eigenvalue weighted by atomic mass is 35.5. The van der Waals surface area contributed by atoms with Crippen molar-refractivity contribution in [1.82, 2.24) is 5.32 Å². The molecule has 0 amide bonds. The SMILES string of the molecule is CCOc1cc(Cl)c(F)cc1CCNC. The predicted molar refractivity (Wildman–Crippen MR) is 60.2 cm³/mol. The molecule has 0 aromatic heterocycles. The molecule has 4 heteroatoms. The smallest absolute Gasteiger partial charge is 0.142 e. The van der Waals surface area contributed by atoms with Gasteiger partial charge in [-0.15, -0.1) is 0 Å². The molecular weight excluding hydrogens is 217 g/mol. The molecule has 1 aromatic carbocycles. The summed E-state index contributed by atoms with van der Waals surface area (Å²) in [5.41, 5.74) is 0.841. The van der Waals surface area contributed by atoms with Gasteiger partial charge in [-0.3, -0.25) is 0 Å². The molecule has 0 atom stereocenters. The number of hydrogen-bond acceptors (Lipinski definition) is 2. The molecule has 0 heterocycles. The largest absolute Gasteiger partial charge is 0.494 e. The lowest BCUT2D eigenvalue weighted by molar-refractivity contribution is 0.335. The van der Waals surface area contributed by atoms with E-state index in [1.807, 2.05) is 14.0 Å². The van der Waals surface area contributed by atoms with E-state index in [1.165, 1.54) is 12.1 Å². The van der Waals surface area contributed by atoms with Gasteiger partial charge in [-0.2, -0.15) is 0 Å². The number of nitrogens with one attached hydrogen (secondary N) is 1. The van der Waals surface area contributed by atoms with Crippen LogP contribution in [-0.2, 0) is 6.42 Å². The monoisotopic (exact) mass is 231 g/mol. The highest BCUT2D eigenvalue weighted by molar-refractivity contribution is 6.30. The van der Waals surface area contributed by atoms with Crippen LogP contribution < -0.4 is 10.1 Å². The van der Waals surface area contributed by atoms with Gasteiger partial charge in [0.05, 0.1) is 11.6 Å². The second-order valence-corrected chi connectivity index (χ2v) is 3.57. The maximum Gasteiger partial charge on any atom is 0.142 e. The Morgan fingerprint density at radius 1 is 1.47 bits per heavy atom. The van der Waals surface area contributed by atoms with E-state index in [0.717, 1.165) is 18.5 Å². The Labute approximate surface area is 94.4 Å². The van der Waals surface area contributed by atoms with Crippen LogP contribution in [0.2, 0.25) is 5.02 Å². The van der Waals surface area contributed by atoms with E-state index in [0.29, 0.717) is 12.4 Å². The minimum Gasteiger partial charge on any atom is -0.494 e. The average molecular weight is 232 g/mol. The fraction of sp³-hybridized carbons (Fsp3) is 0.455. The van der Waals surface area contributed by atoms with Crippen LogP contribution in [-0.4, -0.2) is 20.2 Å². The van der Waals surface area contributed by atoms with Crippen molar-refractivity contribution in [2.75, 3.05) is 20.2 Å². The van der Waals surface area contributed by atoms with Crippen molar-refractivity contribution in [2.24, 2.45) is 0 Å². The van der Waals surface area contributed by atoms with Crippen molar-refractivity contribution in [1.29, 1.82) is 0 Å². The van der Waals surface area contributed by atoms with Crippen molar-refractivity contribution in [3.8, 4) is 5.75 Å². The number of rotatable bonds is 5. The first kappa shape index (κ1) is 12.3. The first-order valence-corrected chi connectivity index (χ1v) is 5.32. The van der Waals surface area contributed by atoms with Crippen LogP contribution in [0.15, 0.2) is 12.1 Å². The van der Waals surface area contributed by atoms with Gasteiger partial charge in [0.1, 0.15) is 11.6 Å². The highest BCUT2D eigenvalue weighted by Gasteiger charge is 2.08. The topological polar surface area (TPSA) is 21.3 Å². The fourth-order valence-corrected chi connectivity index (χ4v) is 1.47. The number of halogens is 2. The summed E-state index contributed by atoms with van der Waals surface area (Å²) in [6.45, 7) is 3.22. The lowest BCUT2D eigenvalue weighted by Gasteiger charge is -2.11. The Hall–Kier alpha value is -0.800. The molecule has 0 unspecified atom stereocenters. The second-order valence-electron chi connectivity index (χ2n) is 3.16.